The number of nitrogens with one attached hydrogen (secondary N) is 1. The van der Waals surface area contributed by atoms with Crippen molar-refractivity contribution in [2.24, 2.45) is 5.73 Å². The second-order valence-corrected chi connectivity index (χ2v) is 8.54. The van der Waals surface area contributed by atoms with Gasteiger partial charge in [-0.25, -0.2) is 4.79 Å². The number of fused-ring (bicyclic) bond motifs is 3. The van der Waals surface area contributed by atoms with E-state index in [2.05, 4.69) is 17.1 Å². The summed E-state index contributed by atoms with van der Waals surface area (Å²) in [6.07, 6.45) is 1.95. The van der Waals surface area contributed by atoms with Gasteiger partial charge in [0.15, 0.2) is 0 Å². The largest absolute Gasteiger partial charge is 0.497 e. The summed E-state index contributed by atoms with van der Waals surface area (Å²) in [5.74, 6) is 0.524. The van der Waals surface area contributed by atoms with E-state index >= 15 is 0 Å². The molecule has 1 heterocycles. The maximum atomic E-state index is 11.2. The molecule has 6 nitrogen and oxygen atoms in total. The predicted octanol–water partition coefficient (Wildman–Crippen LogP) is 6.19. The molecule has 0 aliphatic heterocycles. The molecule has 5 aromatic rings. The molecule has 0 radical (unpaired) electrons. The minimum Gasteiger partial charge on any atom is -0.497 e. The molecule has 6 heteroatoms. The van der Waals surface area contributed by atoms with Crippen molar-refractivity contribution in [3.8, 4) is 11.5 Å². The van der Waals surface area contributed by atoms with Crippen molar-refractivity contribution in [1.29, 1.82) is 0 Å². The van der Waals surface area contributed by atoms with Gasteiger partial charge in [-0.05, 0) is 53.1 Å². The van der Waals surface area contributed by atoms with Gasteiger partial charge in [0.2, 0.25) is 0 Å². The monoisotopic (exact) mass is 478 g/mol. The fourth-order valence-corrected chi connectivity index (χ4v) is 4.31. The summed E-state index contributed by atoms with van der Waals surface area (Å²) in [6.45, 7) is 0.252. The van der Waals surface area contributed by atoms with Crippen LogP contribution in [0, 0.1) is 0 Å². The Balaban J connectivity index is 1.49. The summed E-state index contributed by atoms with van der Waals surface area (Å²) in [6, 6.07) is 28.0. The molecular formula is C30H26N2O4. The fraction of sp³-hybridized carbons (Fsp3) is 0.100. The molecule has 0 saturated heterocycles. The Bertz CT molecular complexity index is 1550. The zero-order chi connectivity index (χ0) is 25.1. The second-order valence-electron chi connectivity index (χ2n) is 8.54. The predicted molar refractivity (Wildman–Crippen MR) is 143 cm³/mol. The molecule has 1 unspecified atom stereocenters. The topological polar surface area (TPSA) is 97.6 Å². The normalized spacial score (nSPS) is 12.6. The van der Waals surface area contributed by atoms with Crippen LogP contribution in [0.5, 0.6) is 11.5 Å². The lowest BCUT2D eigenvalue weighted by atomic mass is 9.97. The number of hydrogen-bond donors (Lipinski definition) is 3. The highest BCUT2D eigenvalue weighted by Crippen LogP contribution is 2.32. The molecule has 0 amide bonds. The first-order chi connectivity index (χ1) is 17.5. The molecule has 1 aromatic heterocycles. The Labute approximate surface area is 208 Å². The first kappa shape index (κ1) is 23.2. The summed E-state index contributed by atoms with van der Waals surface area (Å²) < 4.78 is 11.6. The lowest BCUT2D eigenvalue weighted by Gasteiger charge is -2.18. The molecule has 0 aliphatic rings. The van der Waals surface area contributed by atoms with Crippen molar-refractivity contribution in [3.63, 3.8) is 0 Å². The number of carboxylic acids is 1. The highest BCUT2D eigenvalue weighted by molar-refractivity contribution is 6.09. The maximum Gasteiger partial charge on any atom is 0.335 e. The number of benzene rings is 4. The van der Waals surface area contributed by atoms with E-state index in [1.54, 1.807) is 31.4 Å². The van der Waals surface area contributed by atoms with Gasteiger partial charge >= 0.3 is 5.97 Å². The molecule has 0 fully saturated rings. The van der Waals surface area contributed by atoms with Gasteiger partial charge in [0.05, 0.1) is 24.2 Å². The fourth-order valence-electron chi connectivity index (χ4n) is 4.31. The van der Waals surface area contributed by atoms with Gasteiger partial charge in [0, 0.05) is 16.3 Å². The van der Waals surface area contributed by atoms with Gasteiger partial charge in [-0.3, -0.25) is 0 Å². The summed E-state index contributed by atoms with van der Waals surface area (Å²) in [5, 5.41) is 11.5. The molecule has 36 heavy (non-hydrogen) atoms. The highest BCUT2D eigenvalue weighted by atomic mass is 16.5. The van der Waals surface area contributed by atoms with Gasteiger partial charge in [-0.2, -0.15) is 0 Å². The van der Waals surface area contributed by atoms with Crippen LogP contribution in [-0.2, 0) is 0 Å². The van der Waals surface area contributed by atoms with Gasteiger partial charge < -0.3 is 25.3 Å². The van der Waals surface area contributed by atoms with Crippen molar-refractivity contribution in [1.82, 2.24) is 4.98 Å². The van der Waals surface area contributed by atoms with Crippen molar-refractivity contribution in [2.45, 2.75) is 6.04 Å². The zero-order valence-electron chi connectivity index (χ0n) is 19.8. The number of carbonyl (C=O) groups is 1. The molecule has 4 aromatic carbocycles. The third-order valence-corrected chi connectivity index (χ3v) is 6.28. The number of aromatic amines is 1. The lowest BCUT2D eigenvalue weighted by molar-refractivity contribution is 0.0697. The van der Waals surface area contributed by atoms with E-state index in [4.69, 9.17) is 15.2 Å². The summed E-state index contributed by atoms with van der Waals surface area (Å²) in [7, 11) is 1.62. The van der Waals surface area contributed by atoms with E-state index < -0.39 is 12.0 Å². The number of nitrogens with two attached hydrogens (primary N) is 1. The van der Waals surface area contributed by atoms with E-state index in [0.29, 0.717) is 0 Å². The number of methoxy groups -OCH3 is 1. The van der Waals surface area contributed by atoms with Crippen LogP contribution in [0.4, 0.5) is 0 Å². The van der Waals surface area contributed by atoms with Gasteiger partial charge in [-0.15, -0.1) is 0 Å². The van der Waals surface area contributed by atoms with Crippen LogP contribution in [0.3, 0.4) is 0 Å². The molecule has 1 atom stereocenters. The lowest BCUT2D eigenvalue weighted by Crippen LogP contribution is -2.18. The highest BCUT2D eigenvalue weighted by Gasteiger charge is 2.16. The minimum atomic E-state index is -0.963. The number of ether oxygens (including phenoxy) is 2. The number of carboxylic acid groups (broad SMARTS) is 1. The minimum absolute atomic E-state index is 0.231. The van der Waals surface area contributed by atoms with Crippen molar-refractivity contribution < 1.29 is 19.4 Å². The Hall–Kier alpha value is -4.55. The van der Waals surface area contributed by atoms with Crippen LogP contribution in [0.2, 0.25) is 0 Å². The van der Waals surface area contributed by atoms with Crippen LogP contribution in [0.1, 0.15) is 27.5 Å². The Morgan fingerprint density at radius 1 is 0.944 bits per heavy atom. The van der Waals surface area contributed by atoms with E-state index in [1.807, 2.05) is 60.7 Å². The number of H-pyrrole nitrogens is 1. The number of hydrogen-bond acceptors (Lipinski definition) is 4. The molecule has 0 saturated carbocycles. The smallest absolute Gasteiger partial charge is 0.335 e. The Morgan fingerprint density at radius 3 is 2.39 bits per heavy atom. The third-order valence-electron chi connectivity index (χ3n) is 6.28. The van der Waals surface area contributed by atoms with Gasteiger partial charge in [0.25, 0.3) is 0 Å². The van der Waals surface area contributed by atoms with Gasteiger partial charge in [-0.1, -0.05) is 60.7 Å². The molecular weight excluding hydrogens is 452 g/mol. The van der Waals surface area contributed by atoms with Crippen LogP contribution in [0.25, 0.3) is 27.9 Å². The SMILES string of the molecule is COc1ccc(C(N)/C(=C\c2ccc(C(=O)O)cc2)COc2cccc3c2[nH]c2ccccc23)cc1. The molecule has 4 N–H and O–H groups in total. The quantitative estimate of drug-likeness (QED) is 0.247. The maximum absolute atomic E-state index is 11.2. The van der Waals surface area contributed by atoms with Crippen molar-refractivity contribution in [2.75, 3.05) is 13.7 Å². The molecule has 5 rings (SSSR count). The number of aromatic nitrogens is 1. The average molecular weight is 479 g/mol. The van der Waals surface area contributed by atoms with Crippen LogP contribution < -0.4 is 15.2 Å². The van der Waals surface area contributed by atoms with E-state index in [-0.39, 0.29) is 12.2 Å². The van der Waals surface area contributed by atoms with Crippen molar-refractivity contribution >= 4 is 33.9 Å². The second kappa shape index (κ2) is 9.98. The standard InChI is InChI=1S/C30H26N2O4/c1-35-23-15-13-20(14-16-23)28(31)22(17-19-9-11-21(12-10-19)30(33)34)18-36-27-8-4-6-25-24-5-2-3-7-26(24)32-29(25)27/h2-17,28,32H,18,31H2,1H3,(H,33,34)/b22-17-. The zero-order valence-corrected chi connectivity index (χ0v) is 19.8. The Kier molecular flexibility index (Phi) is 6.43. The molecule has 0 aliphatic carbocycles. The first-order valence-electron chi connectivity index (χ1n) is 11.6. The molecule has 180 valence electrons. The van der Waals surface area contributed by atoms with Crippen LogP contribution in [-0.4, -0.2) is 29.8 Å². The molecule has 0 spiro atoms. The number of rotatable bonds is 8. The third kappa shape index (κ3) is 4.67. The van der Waals surface area contributed by atoms with Crippen LogP contribution in [0.15, 0.2) is 96.6 Å². The summed E-state index contributed by atoms with van der Waals surface area (Å²) >= 11 is 0. The molecule has 0 bridgehead atoms. The number of para-hydroxylation sites is 2. The summed E-state index contributed by atoms with van der Waals surface area (Å²) in [5.41, 5.74) is 11.5. The Morgan fingerprint density at radius 2 is 1.67 bits per heavy atom. The average Bonchev–Trinajstić information content (AvgIpc) is 3.30. The van der Waals surface area contributed by atoms with E-state index in [0.717, 1.165) is 50.0 Å². The van der Waals surface area contributed by atoms with E-state index in [1.165, 1.54) is 0 Å². The van der Waals surface area contributed by atoms with Crippen molar-refractivity contribution in [3.05, 3.63) is 113 Å². The first-order valence-corrected chi connectivity index (χ1v) is 11.6. The van der Waals surface area contributed by atoms with E-state index in [9.17, 15) is 9.90 Å². The van der Waals surface area contributed by atoms with Crippen LogP contribution >= 0.6 is 0 Å². The summed E-state index contributed by atoms with van der Waals surface area (Å²) in [4.78, 5) is 14.7. The van der Waals surface area contributed by atoms with Gasteiger partial charge in [0.1, 0.15) is 18.1 Å². The number of aromatic carboxylic acids is 1.